The maximum Gasteiger partial charge on any atom is 0.338 e. The number of hydrazone groups is 1. The predicted molar refractivity (Wildman–Crippen MR) is 97.2 cm³/mol. The molecule has 1 amide bonds. The lowest BCUT2D eigenvalue weighted by Crippen LogP contribution is -2.18. The van der Waals surface area contributed by atoms with Crippen LogP contribution in [0.25, 0.3) is 11.3 Å². The van der Waals surface area contributed by atoms with Gasteiger partial charge in [0.2, 0.25) is 0 Å². The Morgan fingerprint density at radius 1 is 1.19 bits per heavy atom. The Balaban J connectivity index is 1.63. The smallest absolute Gasteiger partial charge is 0.338 e. The van der Waals surface area contributed by atoms with Gasteiger partial charge in [0.1, 0.15) is 17.2 Å². The van der Waals surface area contributed by atoms with Crippen LogP contribution in [0.1, 0.15) is 33.5 Å². The van der Waals surface area contributed by atoms with Gasteiger partial charge in [0, 0.05) is 18.0 Å². The summed E-state index contributed by atoms with van der Waals surface area (Å²) < 4.78 is 10.6. The van der Waals surface area contributed by atoms with Gasteiger partial charge in [-0.05, 0) is 31.2 Å². The molecule has 0 spiro atoms. The number of carbonyl (C=O) groups excluding carboxylic acids is 2. The summed E-state index contributed by atoms with van der Waals surface area (Å²) >= 11 is 0. The molecule has 136 valence electrons. The van der Waals surface area contributed by atoms with Crippen molar-refractivity contribution in [1.29, 1.82) is 0 Å². The fraction of sp³-hybridized carbons (Fsp3) is 0.105. The number of benzene rings is 1. The van der Waals surface area contributed by atoms with Gasteiger partial charge in [0.15, 0.2) is 0 Å². The molecule has 27 heavy (non-hydrogen) atoms. The lowest BCUT2D eigenvalue weighted by Gasteiger charge is -2.02. The minimum absolute atomic E-state index is 0.163. The van der Waals surface area contributed by atoms with Crippen LogP contribution in [0, 0.1) is 0 Å². The van der Waals surface area contributed by atoms with E-state index in [9.17, 15) is 9.59 Å². The third-order valence-corrected chi connectivity index (χ3v) is 3.46. The van der Waals surface area contributed by atoms with Crippen LogP contribution < -0.4 is 5.43 Å². The number of ether oxygens (including phenoxy) is 1. The van der Waals surface area contributed by atoms with Crippen molar-refractivity contribution in [3.63, 3.8) is 0 Å². The Kier molecular flexibility index (Phi) is 5.68. The van der Waals surface area contributed by atoms with Crippen LogP contribution in [0.3, 0.4) is 0 Å². The van der Waals surface area contributed by atoms with Gasteiger partial charge in [0.25, 0.3) is 5.91 Å². The van der Waals surface area contributed by atoms with Crippen LogP contribution in [0.5, 0.6) is 0 Å². The molecule has 0 aliphatic heterocycles. The monoisotopic (exact) mass is 364 g/mol. The second kappa shape index (κ2) is 8.52. The molecule has 0 radical (unpaired) electrons. The quantitative estimate of drug-likeness (QED) is 0.409. The summed E-state index contributed by atoms with van der Waals surface area (Å²) in [5.41, 5.74) is 3.78. The number of aromatic nitrogens is 2. The van der Waals surface area contributed by atoms with E-state index in [2.05, 4.69) is 20.5 Å². The molecular weight excluding hydrogens is 348 g/mol. The van der Waals surface area contributed by atoms with Crippen molar-refractivity contribution in [1.82, 2.24) is 15.4 Å². The van der Waals surface area contributed by atoms with Crippen LogP contribution in [-0.4, -0.2) is 34.7 Å². The number of nitrogens with one attached hydrogen (secondary N) is 1. The summed E-state index contributed by atoms with van der Waals surface area (Å²) in [4.78, 5) is 31.2. The van der Waals surface area contributed by atoms with Gasteiger partial charge < -0.3 is 9.15 Å². The molecule has 0 fully saturated rings. The average molecular weight is 364 g/mol. The summed E-state index contributed by atoms with van der Waals surface area (Å²) in [5.74, 6) is 0.224. The zero-order chi connectivity index (χ0) is 19.1. The van der Waals surface area contributed by atoms with Crippen molar-refractivity contribution in [3.8, 4) is 11.3 Å². The summed E-state index contributed by atoms with van der Waals surface area (Å²) in [5, 5.41) is 3.84. The SMILES string of the molecule is CCOC(=O)c1ccc(-c2ccc(/C=N/NC(=O)c3cnccn3)o2)cc1. The van der Waals surface area contributed by atoms with Gasteiger partial charge in [-0.2, -0.15) is 5.10 Å². The summed E-state index contributed by atoms with van der Waals surface area (Å²) in [6, 6.07) is 10.4. The first-order valence-electron chi connectivity index (χ1n) is 8.14. The normalized spacial score (nSPS) is 10.7. The highest BCUT2D eigenvalue weighted by Crippen LogP contribution is 2.22. The minimum atomic E-state index is -0.472. The lowest BCUT2D eigenvalue weighted by atomic mass is 10.1. The first kappa shape index (κ1) is 18.0. The molecule has 0 bridgehead atoms. The Morgan fingerprint density at radius 3 is 2.70 bits per heavy atom. The number of esters is 1. The number of furan rings is 1. The van der Waals surface area contributed by atoms with E-state index in [1.54, 1.807) is 43.3 Å². The van der Waals surface area contributed by atoms with Crippen LogP contribution in [-0.2, 0) is 4.74 Å². The van der Waals surface area contributed by atoms with Crippen molar-refractivity contribution >= 4 is 18.1 Å². The minimum Gasteiger partial charge on any atom is -0.462 e. The molecule has 0 unspecified atom stereocenters. The van der Waals surface area contributed by atoms with Crippen molar-refractivity contribution in [2.75, 3.05) is 6.61 Å². The molecule has 3 rings (SSSR count). The van der Waals surface area contributed by atoms with E-state index in [4.69, 9.17) is 9.15 Å². The molecule has 0 saturated carbocycles. The summed E-state index contributed by atoms with van der Waals surface area (Å²) in [6.07, 6.45) is 5.62. The fourth-order valence-electron chi connectivity index (χ4n) is 2.19. The third kappa shape index (κ3) is 4.63. The maximum absolute atomic E-state index is 11.8. The zero-order valence-electron chi connectivity index (χ0n) is 14.5. The largest absolute Gasteiger partial charge is 0.462 e. The van der Waals surface area contributed by atoms with Gasteiger partial charge in [-0.3, -0.25) is 9.78 Å². The van der Waals surface area contributed by atoms with Crippen LogP contribution >= 0.6 is 0 Å². The molecule has 0 atom stereocenters. The summed E-state index contributed by atoms with van der Waals surface area (Å²) in [6.45, 7) is 2.09. The van der Waals surface area contributed by atoms with E-state index >= 15 is 0 Å². The van der Waals surface area contributed by atoms with E-state index in [1.165, 1.54) is 24.8 Å². The Hall–Kier alpha value is -3.81. The van der Waals surface area contributed by atoms with Crippen molar-refractivity contribution in [3.05, 3.63) is 72.0 Å². The molecule has 0 aliphatic rings. The van der Waals surface area contributed by atoms with Gasteiger partial charge in [-0.1, -0.05) is 12.1 Å². The second-order valence-corrected chi connectivity index (χ2v) is 5.29. The molecule has 1 N–H and O–H groups in total. The first-order chi connectivity index (χ1) is 13.2. The van der Waals surface area contributed by atoms with Crippen LogP contribution in [0.15, 0.2) is 64.5 Å². The molecule has 1 aromatic carbocycles. The molecule has 0 aliphatic carbocycles. The van der Waals surface area contributed by atoms with Gasteiger partial charge in [0.05, 0.1) is 24.6 Å². The van der Waals surface area contributed by atoms with Crippen LogP contribution in [0.2, 0.25) is 0 Å². The first-order valence-corrected chi connectivity index (χ1v) is 8.14. The van der Waals surface area contributed by atoms with E-state index < -0.39 is 5.91 Å². The van der Waals surface area contributed by atoms with E-state index in [-0.39, 0.29) is 11.7 Å². The Labute approximate surface area is 154 Å². The number of hydrogen-bond acceptors (Lipinski definition) is 7. The van der Waals surface area contributed by atoms with Crippen molar-refractivity contribution < 1.29 is 18.7 Å². The van der Waals surface area contributed by atoms with Gasteiger partial charge >= 0.3 is 5.97 Å². The molecule has 3 aromatic rings. The highest BCUT2D eigenvalue weighted by atomic mass is 16.5. The Bertz CT molecular complexity index is 949. The highest BCUT2D eigenvalue weighted by molar-refractivity contribution is 5.92. The zero-order valence-corrected chi connectivity index (χ0v) is 14.5. The van der Waals surface area contributed by atoms with E-state index in [0.29, 0.717) is 23.7 Å². The lowest BCUT2D eigenvalue weighted by molar-refractivity contribution is 0.0526. The number of rotatable bonds is 6. The van der Waals surface area contributed by atoms with E-state index in [0.717, 1.165) is 5.56 Å². The van der Waals surface area contributed by atoms with Crippen LogP contribution in [0.4, 0.5) is 0 Å². The van der Waals surface area contributed by atoms with Gasteiger partial charge in [-0.15, -0.1) is 0 Å². The van der Waals surface area contributed by atoms with Crippen molar-refractivity contribution in [2.45, 2.75) is 6.92 Å². The fourth-order valence-corrected chi connectivity index (χ4v) is 2.19. The number of hydrogen-bond donors (Lipinski definition) is 1. The van der Waals surface area contributed by atoms with Crippen molar-refractivity contribution in [2.24, 2.45) is 5.10 Å². The molecule has 8 heteroatoms. The molecule has 8 nitrogen and oxygen atoms in total. The average Bonchev–Trinajstić information content (AvgIpc) is 3.18. The predicted octanol–water partition coefficient (Wildman–Crippen LogP) is 2.68. The van der Waals surface area contributed by atoms with E-state index in [1.807, 2.05) is 0 Å². The summed E-state index contributed by atoms with van der Waals surface area (Å²) in [7, 11) is 0. The molecule has 2 aromatic heterocycles. The molecular formula is C19H16N4O4. The second-order valence-electron chi connectivity index (χ2n) is 5.29. The topological polar surface area (TPSA) is 107 Å². The molecule has 2 heterocycles. The highest BCUT2D eigenvalue weighted by Gasteiger charge is 2.09. The Morgan fingerprint density at radius 2 is 2.00 bits per heavy atom. The standard InChI is InChI=1S/C19H16N4O4/c1-2-26-19(25)14-5-3-13(4-6-14)17-8-7-15(27-17)11-22-23-18(24)16-12-20-9-10-21-16/h3-12H,2H2,1H3,(H,23,24)/b22-11+. The third-order valence-electron chi connectivity index (χ3n) is 3.46. The molecule has 0 saturated heterocycles. The number of nitrogens with zero attached hydrogens (tertiary/aromatic N) is 3. The number of carbonyl (C=O) groups is 2. The maximum atomic E-state index is 11.8. The van der Waals surface area contributed by atoms with Gasteiger partial charge in [-0.25, -0.2) is 15.2 Å². The number of amides is 1.